The average Bonchev–Trinajstić information content (AvgIpc) is 2.39. The van der Waals surface area contributed by atoms with Crippen LogP contribution in [0.5, 0.6) is 5.75 Å². The molecule has 1 heterocycles. The van der Waals surface area contributed by atoms with Crippen LogP contribution in [0.1, 0.15) is 0 Å². The number of anilines is 3. The smallest absolute Gasteiger partial charge is 0.141 e. The van der Waals surface area contributed by atoms with E-state index in [0.717, 1.165) is 21.6 Å². The highest BCUT2D eigenvalue weighted by atomic mass is 79.9. The largest absolute Gasteiger partial charge is 0.496 e. The molecule has 1 aromatic heterocycles. The van der Waals surface area contributed by atoms with Gasteiger partial charge in [0.15, 0.2) is 0 Å². The van der Waals surface area contributed by atoms with Gasteiger partial charge in [-0.1, -0.05) is 0 Å². The lowest BCUT2D eigenvalue weighted by atomic mass is 10.3. The maximum absolute atomic E-state index is 5.31. The van der Waals surface area contributed by atoms with Crippen molar-refractivity contribution in [2.24, 2.45) is 5.84 Å². The molecule has 94 valence electrons. The molecule has 0 aliphatic rings. The zero-order valence-corrected chi connectivity index (χ0v) is 11.4. The number of nitrogens with two attached hydrogens (primary N) is 1. The van der Waals surface area contributed by atoms with Crippen LogP contribution in [0.15, 0.2) is 41.0 Å². The maximum atomic E-state index is 5.31. The summed E-state index contributed by atoms with van der Waals surface area (Å²) >= 11 is 3.44. The molecule has 6 heteroatoms. The molecule has 0 radical (unpaired) electrons. The first-order chi connectivity index (χ1) is 8.72. The van der Waals surface area contributed by atoms with Gasteiger partial charge in [0.2, 0.25) is 0 Å². The van der Waals surface area contributed by atoms with Gasteiger partial charge in [-0.15, -0.1) is 0 Å². The van der Waals surface area contributed by atoms with Crippen molar-refractivity contribution in [1.29, 1.82) is 0 Å². The van der Waals surface area contributed by atoms with Crippen molar-refractivity contribution in [3.63, 3.8) is 0 Å². The van der Waals surface area contributed by atoms with Gasteiger partial charge in [-0.05, 0) is 40.2 Å². The lowest BCUT2D eigenvalue weighted by molar-refractivity contribution is 0.412. The van der Waals surface area contributed by atoms with E-state index in [9.17, 15) is 0 Å². The molecule has 0 unspecified atom stereocenters. The third-order valence-corrected chi connectivity index (χ3v) is 2.97. The molecule has 0 amide bonds. The van der Waals surface area contributed by atoms with Gasteiger partial charge in [-0.2, -0.15) is 0 Å². The van der Waals surface area contributed by atoms with E-state index in [1.165, 1.54) is 0 Å². The second-order valence-electron chi connectivity index (χ2n) is 3.55. The molecule has 2 rings (SSSR count). The van der Waals surface area contributed by atoms with Crippen LogP contribution < -0.4 is 21.3 Å². The van der Waals surface area contributed by atoms with Gasteiger partial charge in [0.05, 0.1) is 11.6 Å². The van der Waals surface area contributed by atoms with Crippen LogP contribution in [-0.4, -0.2) is 12.1 Å². The van der Waals surface area contributed by atoms with Gasteiger partial charge in [0, 0.05) is 23.6 Å². The average molecular weight is 309 g/mol. The number of benzene rings is 1. The molecule has 0 saturated carbocycles. The summed E-state index contributed by atoms with van der Waals surface area (Å²) in [6.07, 6.45) is 1.68. The SMILES string of the molecule is COc1ccc(Nc2ccnc(NN)c2)cc1Br. The molecule has 4 N–H and O–H groups in total. The minimum Gasteiger partial charge on any atom is -0.496 e. The third kappa shape index (κ3) is 2.91. The normalized spacial score (nSPS) is 9.94. The lowest BCUT2D eigenvalue weighted by Gasteiger charge is -2.09. The molecule has 0 fully saturated rings. The van der Waals surface area contributed by atoms with E-state index in [-0.39, 0.29) is 0 Å². The summed E-state index contributed by atoms with van der Waals surface area (Å²) in [5, 5.41) is 3.25. The van der Waals surface area contributed by atoms with Crippen molar-refractivity contribution in [1.82, 2.24) is 4.98 Å². The first-order valence-electron chi connectivity index (χ1n) is 5.26. The highest BCUT2D eigenvalue weighted by Gasteiger charge is 2.02. The molecule has 0 saturated heterocycles. The molecule has 18 heavy (non-hydrogen) atoms. The van der Waals surface area contributed by atoms with Crippen LogP contribution in [-0.2, 0) is 0 Å². The summed E-state index contributed by atoms with van der Waals surface area (Å²) in [4.78, 5) is 4.04. The fraction of sp³-hybridized carbons (Fsp3) is 0.0833. The van der Waals surface area contributed by atoms with Crippen molar-refractivity contribution >= 4 is 33.1 Å². The molecule has 0 spiro atoms. The van der Waals surface area contributed by atoms with Crippen LogP contribution in [0.4, 0.5) is 17.2 Å². The molecule has 0 aliphatic carbocycles. The summed E-state index contributed by atoms with van der Waals surface area (Å²) in [6.45, 7) is 0. The Balaban J connectivity index is 2.20. The van der Waals surface area contributed by atoms with Gasteiger partial charge < -0.3 is 15.5 Å². The maximum Gasteiger partial charge on any atom is 0.141 e. The van der Waals surface area contributed by atoms with Crippen molar-refractivity contribution in [3.05, 3.63) is 41.0 Å². The van der Waals surface area contributed by atoms with E-state index < -0.39 is 0 Å². The van der Waals surface area contributed by atoms with Crippen molar-refractivity contribution in [2.75, 3.05) is 17.9 Å². The van der Waals surface area contributed by atoms with Crippen LogP contribution in [0.25, 0.3) is 0 Å². The summed E-state index contributed by atoms with van der Waals surface area (Å²) < 4.78 is 6.07. The summed E-state index contributed by atoms with van der Waals surface area (Å²) in [5.74, 6) is 6.71. The number of nitrogens with zero attached hydrogens (tertiary/aromatic N) is 1. The highest BCUT2D eigenvalue weighted by Crippen LogP contribution is 2.29. The predicted molar refractivity (Wildman–Crippen MR) is 76.0 cm³/mol. The lowest BCUT2D eigenvalue weighted by Crippen LogP contribution is -2.08. The molecule has 0 atom stereocenters. The number of hydrazine groups is 1. The second kappa shape index (κ2) is 5.70. The molecule has 0 aliphatic heterocycles. The van der Waals surface area contributed by atoms with Crippen molar-refractivity contribution in [3.8, 4) is 5.75 Å². The fourth-order valence-corrected chi connectivity index (χ4v) is 2.04. The van der Waals surface area contributed by atoms with Crippen molar-refractivity contribution < 1.29 is 4.74 Å². The van der Waals surface area contributed by atoms with Gasteiger partial charge in [-0.25, -0.2) is 10.8 Å². The Hall–Kier alpha value is -1.79. The molecule has 0 bridgehead atoms. The number of methoxy groups -OCH3 is 1. The number of aromatic nitrogens is 1. The summed E-state index contributed by atoms with van der Waals surface area (Å²) in [6, 6.07) is 9.43. The molecular formula is C12H13BrN4O. The van der Waals surface area contributed by atoms with E-state index in [2.05, 4.69) is 31.7 Å². The number of hydrogen-bond donors (Lipinski definition) is 3. The quantitative estimate of drug-likeness (QED) is 0.598. The third-order valence-electron chi connectivity index (χ3n) is 2.35. The topological polar surface area (TPSA) is 72.2 Å². The van der Waals surface area contributed by atoms with E-state index >= 15 is 0 Å². The second-order valence-corrected chi connectivity index (χ2v) is 4.40. The number of pyridine rings is 1. The number of ether oxygens (including phenoxy) is 1. The minimum absolute atomic E-state index is 0.604. The Labute approximate surface area is 113 Å². The molecule has 2 aromatic rings. The highest BCUT2D eigenvalue weighted by molar-refractivity contribution is 9.10. The zero-order valence-electron chi connectivity index (χ0n) is 9.77. The molecule has 1 aromatic carbocycles. The number of halogens is 1. The van der Waals surface area contributed by atoms with Crippen LogP contribution >= 0.6 is 15.9 Å². The standard InChI is InChI=1S/C12H13BrN4O/c1-18-11-3-2-8(6-10(11)13)16-9-4-5-15-12(7-9)17-14/h2-7H,14H2,1H3,(H2,15,16,17). The van der Waals surface area contributed by atoms with Crippen molar-refractivity contribution in [2.45, 2.75) is 0 Å². The van der Waals surface area contributed by atoms with Crippen LogP contribution in [0.2, 0.25) is 0 Å². The summed E-state index contributed by atoms with van der Waals surface area (Å²) in [5.41, 5.74) is 4.34. The van der Waals surface area contributed by atoms with Gasteiger partial charge in [0.1, 0.15) is 11.6 Å². The Morgan fingerprint density at radius 2 is 2.00 bits per heavy atom. The predicted octanol–water partition coefficient (Wildman–Crippen LogP) is 2.88. The Morgan fingerprint density at radius 1 is 1.22 bits per heavy atom. The first-order valence-corrected chi connectivity index (χ1v) is 6.05. The van der Waals surface area contributed by atoms with E-state index in [1.54, 1.807) is 13.3 Å². The Kier molecular flexibility index (Phi) is 4.01. The monoisotopic (exact) mass is 308 g/mol. The number of hydrogen-bond acceptors (Lipinski definition) is 5. The van der Waals surface area contributed by atoms with Crippen LogP contribution in [0.3, 0.4) is 0 Å². The van der Waals surface area contributed by atoms with E-state index in [0.29, 0.717) is 5.82 Å². The van der Waals surface area contributed by atoms with Crippen LogP contribution in [0, 0.1) is 0 Å². The summed E-state index contributed by atoms with van der Waals surface area (Å²) in [7, 11) is 1.63. The Bertz CT molecular complexity index is 547. The number of rotatable bonds is 4. The molecular weight excluding hydrogens is 296 g/mol. The van der Waals surface area contributed by atoms with E-state index in [1.807, 2.05) is 30.3 Å². The number of nitrogen functional groups attached to an aromatic ring is 1. The van der Waals surface area contributed by atoms with E-state index in [4.69, 9.17) is 10.6 Å². The Morgan fingerprint density at radius 3 is 2.67 bits per heavy atom. The van der Waals surface area contributed by atoms with Gasteiger partial charge in [-0.3, -0.25) is 0 Å². The minimum atomic E-state index is 0.604. The fourth-order valence-electron chi connectivity index (χ4n) is 1.50. The molecule has 5 nitrogen and oxygen atoms in total. The first kappa shape index (κ1) is 12.7. The van der Waals surface area contributed by atoms with Gasteiger partial charge in [0.25, 0.3) is 0 Å². The number of nitrogens with one attached hydrogen (secondary N) is 2. The van der Waals surface area contributed by atoms with Gasteiger partial charge >= 0.3 is 0 Å². The zero-order chi connectivity index (χ0) is 13.0.